The Hall–Kier alpha value is -4.46. The summed E-state index contributed by atoms with van der Waals surface area (Å²) in [6.45, 7) is 4.02. The van der Waals surface area contributed by atoms with E-state index in [0.717, 1.165) is 35.3 Å². The maximum absolute atomic E-state index is 14.1. The summed E-state index contributed by atoms with van der Waals surface area (Å²) >= 11 is 0. The van der Waals surface area contributed by atoms with Gasteiger partial charge in [0.2, 0.25) is 11.8 Å². The number of methoxy groups -OCH3 is 1. The highest BCUT2D eigenvalue weighted by molar-refractivity contribution is 5.98. The smallest absolute Gasteiger partial charge is 0.232 e. The molecule has 2 aliphatic rings. The molecular formula is C34H37N5O3. The van der Waals surface area contributed by atoms with Gasteiger partial charge in [-0.1, -0.05) is 49.4 Å². The number of nitrogens with one attached hydrogen (secondary N) is 1. The van der Waals surface area contributed by atoms with Crippen molar-refractivity contribution in [2.24, 2.45) is 11.3 Å². The van der Waals surface area contributed by atoms with Gasteiger partial charge in [-0.2, -0.15) is 5.10 Å². The van der Waals surface area contributed by atoms with Gasteiger partial charge in [-0.05, 0) is 60.6 Å². The van der Waals surface area contributed by atoms with Crippen LogP contribution in [0.5, 0.6) is 5.75 Å². The van der Waals surface area contributed by atoms with Gasteiger partial charge in [0, 0.05) is 55.0 Å². The lowest BCUT2D eigenvalue weighted by Gasteiger charge is -2.42. The molecule has 2 amide bonds. The fourth-order valence-electron chi connectivity index (χ4n) is 6.61. The first kappa shape index (κ1) is 27.7. The number of piperidine rings is 1. The Labute approximate surface area is 246 Å². The van der Waals surface area contributed by atoms with Gasteiger partial charge in [-0.15, -0.1) is 0 Å². The van der Waals surface area contributed by atoms with Crippen molar-refractivity contribution in [1.29, 1.82) is 0 Å². The molecule has 42 heavy (non-hydrogen) atoms. The van der Waals surface area contributed by atoms with Crippen LogP contribution in [0.4, 0.5) is 5.82 Å². The molecule has 0 radical (unpaired) electrons. The number of nitrogens with zero attached hydrogens (tertiary/aromatic N) is 4. The molecule has 6 rings (SSSR count). The number of pyridine rings is 1. The normalized spacial score (nSPS) is 18.8. The van der Waals surface area contributed by atoms with Crippen LogP contribution in [0, 0.1) is 11.3 Å². The molecule has 0 aliphatic carbocycles. The van der Waals surface area contributed by atoms with Crippen molar-refractivity contribution in [1.82, 2.24) is 20.1 Å². The van der Waals surface area contributed by atoms with Gasteiger partial charge in [-0.25, -0.2) is 4.98 Å². The SMILES string of the molecule is COc1cccc(CC2C(=O)N(c3ccc(-c4cn[nH]c4)cn3)CC23CCN(C(=O)CC(C)c2ccccc2)CC3)c1. The third-order valence-electron chi connectivity index (χ3n) is 9.17. The van der Waals surface area contributed by atoms with E-state index in [4.69, 9.17) is 9.72 Å². The van der Waals surface area contributed by atoms with Gasteiger partial charge in [-0.3, -0.25) is 19.6 Å². The lowest BCUT2D eigenvalue weighted by Crippen LogP contribution is -2.47. The van der Waals surface area contributed by atoms with Crippen LogP contribution in [0.15, 0.2) is 85.3 Å². The summed E-state index contributed by atoms with van der Waals surface area (Å²) in [4.78, 5) is 36.0. The van der Waals surface area contributed by atoms with Crippen molar-refractivity contribution in [2.75, 3.05) is 31.6 Å². The van der Waals surface area contributed by atoms with Crippen LogP contribution in [0.2, 0.25) is 0 Å². The van der Waals surface area contributed by atoms with E-state index in [-0.39, 0.29) is 29.1 Å². The molecule has 1 N–H and O–H groups in total. The summed E-state index contributed by atoms with van der Waals surface area (Å²) in [6.07, 6.45) is 8.05. The Morgan fingerprint density at radius 1 is 1.05 bits per heavy atom. The van der Waals surface area contributed by atoms with Gasteiger partial charge >= 0.3 is 0 Å². The molecule has 2 fully saturated rings. The van der Waals surface area contributed by atoms with Crippen LogP contribution in [0.1, 0.15) is 43.2 Å². The summed E-state index contributed by atoms with van der Waals surface area (Å²) in [5.41, 5.74) is 3.91. The van der Waals surface area contributed by atoms with Crippen molar-refractivity contribution in [3.8, 4) is 16.9 Å². The quantitative estimate of drug-likeness (QED) is 0.306. The Bertz CT molecular complexity index is 1510. The van der Waals surface area contributed by atoms with Gasteiger partial charge in [0.1, 0.15) is 11.6 Å². The second kappa shape index (κ2) is 11.8. The highest BCUT2D eigenvalue weighted by atomic mass is 16.5. The number of hydrogen-bond donors (Lipinski definition) is 1. The van der Waals surface area contributed by atoms with Crippen LogP contribution in [-0.2, 0) is 16.0 Å². The second-order valence-corrected chi connectivity index (χ2v) is 11.7. The van der Waals surface area contributed by atoms with Crippen molar-refractivity contribution in [3.63, 3.8) is 0 Å². The predicted octanol–water partition coefficient (Wildman–Crippen LogP) is 5.49. The molecule has 2 aromatic heterocycles. The third kappa shape index (κ3) is 5.53. The Morgan fingerprint density at radius 3 is 2.55 bits per heavy atom. The molecule has 2 aromatic carbocycles. The summed E-state index contributed by atoms with van der Waals surface area (Å²) in [5, 5.41) is 6.86. The summed E-state index contributed by atoms with van der Waals surface area (Å²) in [6, 6.07) is 22.1. The molecule has 0 bridgehead atoms. The monoisotopic (exact) mass is 563 g/mol. The standard InChI is InChI=1S/C34H37N5O3/c1-24(26-8-4-3-5-9-26)17-32(40)38-15-13-34(14-16-38)23-39(31-12-11-27(20-35-31)28-21-36-37-22-28)33(41)30(34)19-25-7-6-10-29(18-25)42-2/h3-12,18,20-22,24,30H,13-17,19,23H2,1-2H3,(H,36,37). The van der Waals surface area contributed by atoms with E-state index >= 15 is 0 Å². The lowest BCUT2D eigenvalue weighted by atomic mass is 9.68. The molecule has 4 aromatic rings. The molecule has 2 atom stereocenters. The van der Waals surface area contributed by atoms with E-state index in [0.29, 0.717) is 38.3 Å². The number of carbonyl (C=O) groups excluding carboxylic acids is 2. The molecule has 0 saturated carbocycles. The van der Waals surface area contributed by atoms with Gasteiger partial charge < -0.3 is 9.64 Å². The first-order valence-corrected chi connectivity index (χ1v) is 14.7. The number of carbonyl (C=O) groups is 2. The Kier molecular flexibility index (Phi) is 7.78. The molecular weight excluding hydrogens is 526 g/mol. The van der Waals surface area contributed by atoms with Crippen LogP contribution < -0.4 is 9.64 Å². The van der Waals surface area contributed by atoms with E-state index in [1.807, 2.05) is 64.5 Å². The van der Waals surface area contributed by atoms with E-state index in [1.54, 1.807) is 19.5 Å². The number of H-pyrrole nitrogens is 1. The molecule has 2 saturated heterocycles. The Morgan fingerprint density at radius 2 is 1.86 bits per heavy atom. The molecule has 1 spiro atoms. The van der Waals surface area contributed by atoms with Gasteiger partial charge in [0.25, 0.3) is 0 Å². The molecule has 4 heterocycles. The number of rotatable bonds is 8. The zero-order valence-corrected chi connectivity index (χ0v) is 24.2. The van der Waals surface area contributed by atoms with E-state index < -0.39 is 0 Å². The zero-order valence-electron chi connectivity index (χ0n) is 24.2. The van der Waals surface area contributed by atoms with Crippen LogP contribution in [0.25, 0.3) is 11.1 Å². The average Bonchev–Trinajstić information content (AvgIpc) is 3.66. The zero-order chi connectivity index (χ0) is 29.1. The third-order valence-corrected chi connectivity index (χ3v) is 9.17. The highest BCUT2D eigenvalue weighted by Gasteiger charge is 2.53. The first-order valence-electron chi connectivity index (χ1n) is 14.7. The topological polar surface area (TPSA) is 91.4 Å². The molecule has 2 unspecified atom stereocenters. The van der Waals surface area contributed by atoms with Crippen molar-refractivity contribution >= 4 is 17.6 Å². The maximum Gasteiger partial charge on any atom is 0.232 e. The minimum absolute atomic E-state index is 0.0962. The molecule has 2 aliphatic heterocycles. The van der Waals surface area contributed by atoms with E-state index in [1.165, 1.54) is 5.56 Å². The molecule has 216 valence electrons. The van der Waals surface area contributed by atoms with Crippen LogP contribution >= 0.6 is 0 Å². The number of likely N-dealkylation sites (tertiary alicyclic amines) is 1. The number of amides is 2. The van der Waals surface area contributed by atoms with E-state index in [9.17, 15) is 9.59 Å². The van der Waals surface area contributed by atoms with Gasteiger partial charge in [0.05, 0.1) is 19.2 Å². The van der Waals surface area contributed by atoms with Crippen LogP contribution in [-0.4, -0.2) is 58.6 Å². The number of ether oxygens (including phenoxy) is 1. The first-order chi connectivity index (χ1) is 20.5. The second-order valence-electron chi connectivity index (χ2n) is 11.7. The molecule has 8 nitrogen and oxygen atoms in total. The van der Waals surface area contributed by atoms with Crippen LogP contribution in [0.3, 0.4) is 0 Å². The van der Waals surface area contributed by atoms with Crippen molar-refractivity contribution < 1.29 is 14.3 Å². The van der Waals surface area contributed by atoms with Gasteiger partial charge in [0.15, 0.2) is 0 Å². The highest BCUT2D eigenvalue weighted by Crippen LogP contribution is 2.48. The minimum atomic E-state index is -0.243. The summed E-state index contributed by atoms with van der Waals surface area (Å²) in [7, 11) is 1.66. The summed E-state index contributed by atoms with van der Waals surface area (Å²) < 4.78 is 5.46. The largest absolute Gasteiger partial charge is 0.497 e. The lowest BCUT2D eigenvalue weighted by molar-refractivity contribution is -0.134. The average molecular weight is 564 g/mol. The number of aromatic amines is 1. The van der Waals surface area contributed by atoms with E-state index in [2.05, 4.69) is 35.3 Å². The number of benzene rings is 2. The van der Waals surface area contributed by atoms with Crippen molar-refractivity contribution in [2.45, 2.75) is 38.5 Å². The maximum atomic E-state index is 14.1. The Balaban J connectivity index is 1.21. The summed E-state index contributed by atoms with van der Waals surface area (Å²) in [5.74, 6) is 1.68. The minimum Gasteiger partial charge on any atom is -0.497 e. The molecule has 8 heteroatoms. The predicted molar refractivity (Wildman–Crippen MR) is 162 cm³/mol. The van der Waals surface area contributed by atoms with Crippen molar-refractivity contribution in [3.05, 3.63) is 96.4 Å². The number of hydrogen-bond acceptors (Lipinski definition) is 5. The fourth-order valence-corrected chi connectivity index (χ4v) is 6.61. The number of anilines is 1. The fraction of sp³-hybridized carbons (Fsp3) is 0.353. The number of aromatic nitrogens is 3.